The highest BCUT2D eigenvalue weighted by Gasteiger charge is 2.78. The lowest BCUT2D eigenvalue weighted by Crippen LogP contribution is -2.66. The SMILES string of the molecule is CC1=C[C@@H]2C[C@]3(CC[C@@]45C(=O)OC(C[C@H]4C)[C@H]4[C@H](O)[C@H]1[C@@H]3[C@H]45)C(=O)O2. The number of aliphatic hydroxyl groups excluding tert-OH is 1. The quantitative estimate of drug-likeness (QED) is 0.536. The summed E-state index contributed by atoms with van der Waals surface area (Å²) in [7, 11) is 0. The molecule has 134 valence electrons. The molecular formula is C20H24O5. The van der Waals surface area contributed by atoms with Crippen LogP contribution in [0.4, 0.5) is 0 Å². The van der Waals surface area contributed by atoms with E-state index in [1.54, 1.807) is 0 Å². The molecule has 25 heavy (non-hydrogen) atoms. The van der Waals surface area contributed by atoms with Gasteiger partial charge in [-0.3, -0.25) is 9.59 Å². The Morgan fingerprint density at radius 1 is 1.16 bits per heavy atom. The molecule has 0 aromatic heterocycles. The molecule has 0 radical (unpaired) electrons. The second kappa shape index (κ2) is 4.13. The summed E-state index contributed by atoms with van der Waals surface area (Å²) in [6, 6.07) is 0. The molecule has 10 atom stereocenters. The van der Waals surface area contributed by atoms with Crippen molar-refractivity contribution in [2.45, 2.75) is 57.8 Å². The lowest BCUT2D eigenvalue weighted by Gasteiger charge is -2.61. The molecular weight excluding hydrogens is 320 g/mol. The van der Waals surface area contributed by atoms with Crippen molar-refractivity contribution < 1.29 is 24.2 Å². The maximum atomic E-state index is 13.0. The van der Waals surface area contributed by atoms with E-state index in [1.165, 1.54) is 0 Å². The Morgan fingerprint density at radius 3 is 2.72 bits per heavy atom. The summed E-state index contributed by atoms with van der Waals surface area (Å²) >= 11 is 0. The Balaban J connectivity index is 1.62. The van der Waals surface area contributed by atoms with E-state index >= 15 is 0 Å². The minimum atomic E-state index is -0.529. The summed E-state index contributed by atoms with van der Waals surface area (Å²) in [6.07, 6.45) is 4.09. The normalized spacial score (nSPS) is 60.5. The molecule has 5 nitrogen and oxygen atoms in total. The Bertz CT molecular complexity index is 742. The van der Waals surface area contributed by atoms with E-state index in [0.717, 1.165) is 12.0 Å². The minimum absolute atomic E-state index is 0.00981. The fourth-order valence-electron chi connectivity index (χ4n) is 8.06. The van der Waals surface area contributed by atoms with Crippen LogP contribution < -0.4 is 0 Å². The van der Waals surface area contributed by atoms with E-state index in [4.69, 9.17) is 9.47 Å². The molecule has 0 amide bonds. The summed E-state index contributed by atoms with van der Waals surface area (Å²) in [5, 5.41) is 11.3. The van der Waals surface area contributed by atoms with E-state index in [0.29, 0.717) is 19.3 Å². The molecule has 3 saturated carbocycles. The maximum Gasteiger partial charge on any atom is 0.313 e. The lowest BCUT2D eigenvalue weighted by molar-refractivity contribution is -0.238. The van der Waals surface area contributed by atoms with Crippen molar-refractivity contribution in [3.05, 3.63) is 11.6 Å². The van der Waals surface area contributed by atoms with Crippen molar-refractivity contribution >= 4 is 11.9 Å². The second-order valence-electron chi connectivity index (χ2n) is 9.48. The van der Waals surface area contributed by atoms with Crippen LogP contribution in [0.5, 0.6) is 0 Å². The Morgan fingerprint density at radius 2 is 1.96 bits per heavy atom. The highest BCUT2D eigenvalue weighted by molar-refractivity contribution is 5.84. The molecule has 5 heteroatoms. The largest absolute Gasteiger partial charge is 0.462 e. The van der Waals surface area contributed by atoms with Crippen molar-refractivity contribution in [2.24, 2.45) is 40.4 Å². The van der Waals surface area contributed by atoms with Gasteiger partial charge in [0.05, 0.1) is 16.9 Å². The van der Waals surface area contributed by atoms with E-state index in [1.807, 2.05) is 0 Å². The summed E-state index contributed by atoms with van der Waals surface area (Å²) in [5.74, 6) is 0.0586. The van der Waals surface area contributed by atoms with E-state index in [2.05, 4.69) is 19.9 Å². The number of carbonyl (C=O) groups is 2. The van der Waals surface area contributed by atoms with Gasteiger partial charge in [0, 0.05) is 18.3 Å². The Kier molecular flexibility index (Phi) is 2.44. The topological polar surface area (TPSA) is 72.8 Å². The molecule has 3 heterocycles. The standard InChI is InChI=1S/C20H24O5/c1-8-5-10-7-19(17(22)24-10)3-4-20-9(2)6-11(25-18(20)23)13-15(20)14(19)12(8)16(13)21/h5,9-16,21H,3-4,6-7H2,1-2H3/t9-,10-,11?,12-,13-,14-,15+,16-,19+,20-/m1/s1. The maximum absolute atomic E-state index is 13.0. The number of hydrogen-bond acceptors (Lipinski definition) is 5. The molecule has 3 aliphatic heterocycles. The summed E-state index contributed by atoms with van der Waals surface area (Å²) in [6.45, 7) is 4.22. The van der Waals surface area contributed by atoms with Gasteiger partial charge in [0.25, 0.3) is 0 Å². The van der Waals surface area contributed by atoms with Crippen LogP contribution in [0, 0.1) is 40.4 Å². The van der Waals surface area contributed by atoms with Crippen molar-refractivity contribution in [2.75, 3.05) is 0 Å². The fraction of sp³-hybridized carbons (Fsp3) is 0.800. The van der Waals surface area contributed by atoms with Gasteiger partial charge in [0.1, 0.15) is 12.2 Å². The van der Waals surface area contributed by atoms with Crippen LogP contribution in [0.3, 0.4) is 0 Å². The number of esters is 2. The zero-order valence-corrected chi connectivity index (χ0v) is 14.6. The highest BCUT2D eigenvalue weighted by atomic mass is 16.6. The highest BCUT2D eigenvalue weighted by Crippen LogP contribution is 2.74. The fourth-order valence-corrected chi connectivity index (χ4v) is 8.06. The second-order valence-corrected chi connectivity index (χ2v) is 9.48. The predicted molar refractivity (Wildman–Crippen MR) is 86.0 cm³/mol. The third-order valence-corrected chi connectivity index (χ3v) is 8.91. The molecule has 7 aliphatic rings. The molecule has 0 aromatic carbocycles. The smallest absolute Gasteiger partial charge is 0.313 e. The number of carbonyl (C=O) groups excluding carboxylic acids is 2. The summed E-state index contributed by atoms with van der Waals surface area (Å²) in [5.41, 5.74) is 0.0867. The number of ether oxygens (including phenoxy) is 2. The zero-order valence-electron chi connectivity index (χ0n) is 14.6. The van der Waals surface area contributed by atoms with Crippen LogP contribution in [0.2, 0.25) is 0 Å². The third kappa shape index (κ3) is 1.35. The van der Waals surface area contributed by atoms with E-state index < -0.39 is 16.9 Å². The zero-order chi connectivity index (χ0) is 17.3. The van der Waals surface area contributed by atoms with Gasteiger partial charge in [0.2, 0.25) is 0 Å². The lowest BCUT2D eigenvalue weighted by atomic mass is 9.43. The van der Waals surface area contributed by atoms with Crippen molar-refractivity contribution in [3.63, 3.8) is 0 Å². The number of fused-ring (bicyclic) bond motifs is 3. The first-order chi connectivity index (χ1) is 11.9. The van der Waals surface area contributed by atoms with Crippen molar-refractivity contribution in [1.29, 1.82) is 0 Å². The Hall–Kier alpha value is -1.36. The number of hydrogen-bond donors (Lipinski definition) is 1. The van der Waals surface area contributed by atoms with Gasteiger partial charge in [-0.25, -0.2) is 0 Å². The molecule has 6 fully saturated rings. The first-order valence-electron chi connectivity index (χ1n) is 9.69. The van der Waals surface area contributed by atoms with Crippen LogP contribution in [0.15, 0.2) is 11.6 Å². The molecule has 0 aromatic rings. The van der Waals surface area contributed by atoms with Crippen LogP contribution in [0.1, 0.15) is 39.5 Å². The molecule has 7 rings (SSSR count). The molecule has 4 aliphatic carbocycles. The first kappa shape index (κ1) is 14.8. The molecule has 2 spiro atoms. The summed E-state index contributed by atoms with van der Waals surface area (Å²) < 4.78 is 11.5. The Labute approximate surface area is 146 Å². The van der Waals surface area contributed by atoms with Crippen molar-refractivity contribution in [3.8, 4) is 0 Å². The summed E-state index contributed by atoms with van der Waals surface area (Å²) in [4.78, 5) is 25.9. The van der Waals surface area contributed by atoms with Crippen molar-refractivity contribution in [1.82, 2.24) is 0 Å². The van der Waals surface area contributed by atoms with Gasteiger partial charge in [-0.1, -0.05) is 12.5 Å². The number of rotatable bonds is 0. The van der Waals surface area contributed by atoms with Crippen LogP contribution >= 0.6 is 0 Å². The van der Waals surface area contributed by atoms with Gasteiger partial charge in [0.15, 0.2) is 0 Å². The van der Waals surface area contributed by atoms with Gasteiger partial charge < -0.3 is 14.6 Å². The molecule has 1 unspecified atom stereocenters. The molecule has 3 saturated heterocycles. The van der Waals surface area contributed by atoms with E-state index in [-0.39, 0.29) is 53.7 Å². The van der Waals surface area contributed by atoms with Crippen LogP contribution in [0.25, 0.3) is 0 Å². The predicted octanol–water partition coefficient (Wildman–Crippen LogP) is 1.83. The van der Waals surface area contributed by atoms with Gasteiger partial charge in [-0.05, 0) is 50.0 Å². The van der Waals surface area contributed by atoms with Crippen LogP contribution in [-0.2, 0) is 19.1 Å². The van der Waals surface area contributed by atoms with Gasteiger partial charge >= 0.3 is 11.9 Å². The average Bonchev–Trinajstić information content (AvgIpc) is 2.97. The van der Waals surface area contributed by atoms with E-state index in [9.17, 15) is 14.7 Å². The monoisotopic (exact) mass is 344 g/mol. The number of aliphatic hydroxyl groups is 1. The molecule has 4 bridgehead atoms. The van der Waals surface area contributed by atoms with Crippen LogP contribution in [-0.4, -0.2) is 35.4 Å². The minimum Gasteiger partial charge on any atom is -0.462 e. The third-order valence-electron chi connectivity index (χ3n) is 8.91. The molecule has 1 N–H and O–H groups in total. The van der Waals surface area contributed by atoms with Gasteiger partial charge in [-0.15, -0.1) is 0 Å². The first-order valence-corrected chi connectivity index (χ1v) is 9.69. The van der Waals surface area contributed by atoms with Gasteiger partial charge in [-0.2, -0.15) is 0 Å². The average molecular weight is 344 g/mol.